The second-order valence-corrected chi connectivity index (χ2v) is 6.99. The summed E-state index contributed by atoms with van der Waals surface area (Å²) in [5.74, 6) is -1.17. The fraction of sp³-hybridized carbons (Fsp3) is 0.217. The van der Waals surface area contributed by atoms with Gasteiger partial charge in [-0.2, -0.15) is 9.78 Å². The Morgan fingerprint density at radius 3 is 2.33 bits per heavy atom. The number of nitrogens with one attached hydrogen (secondary N) is 1. The van der Waals surface area contributed by atoms with Gasteiger partial charge in [-0.15, -0.1) is 0 Å². The highest BCUT2D eigenvalue weighted by Crippen LogP contribution is 2.17. The summed E-state index contributed by atoms with van der Waals surface area (Å²) in [5.41, 5.74) is 3.02. The van der Waals surface area contributed by atoms with E-state index in [1.807, 2.05) is 39.0 Å². The Morgan fingerprint density at radius 2 is 1.70 bits per heavy atom. The van der Waals surface area contributed by atoms with Crippen LogP contribution in [0.1, 0.15) is 44.5 Å². The molecular formula is C23H23N3O4. The van der Waals surface area contributed by atoms with Gasteiger partial charge in [0.25, 0.3) is 11.5 Å². The first kappa shape index (κ1) is 21.0. The Kier molecular flexibility index (Phi) is 6.11. The topological polar surface area (TPSA) is 90.3 Å². The van der Waals surface area contributed by atoms with Crippen LogP contribution in [0.25, 0.3) is 5.69 Å². The van der Waals surface area contributed by atoms with Crippen molar-refractivity contribution in [2.45, 2.75) is 27.7 Å². The molecule has 3 aromatic rings. The number of nitrogens with zero attached hydrogens (tertiary/aromatic N) is 2. The Morgan fingerprint density at radius 1 is 1.03 bits per heavy atom. The number of anilines is 1. The Hall–Kier alpha value is -3.74. The van der Waals surface area contributed by atoms with Gasteiger partial charge in [0, 0.05) is 11.6 Å². The molecule has 0 spiro atoms. The molecule has 1 amide bonds. The lowest BCUT2D eigenvalue weighted by Gasteiger charge is -2.14. The zero-order chi connectivity index (χ0) is 21.8. The van der Waals surface area contributed by atoms with Gasteiger partial charge in [-0.3, -0.25) is 9.59 Å². The maximum Gasteiger partial charge on any atom is 0.360 e. The van der Waals surface area contributed by atoms with E-state index in [0.717, 1.165) is 21.4 Å². The SMILES string of the molecule is CCOC(=O)c1nn(-c2ccccc2C)c(=O)cc1NC(=O)c1cc(C)cc(C)c1. The molecule has 1 N–H and O–H groups in total. The van der Waals surface area contributed by atoms with E-state index in [-0.39, 0.29) is 18.0 Å². The van der Waals surface area contributed by atoms with E-state index < -0.39 is 17.4 Å². The average molecular weight is 405 g/mol. The van der Waals surface area contributed by atoms with Crippen LogP contribution in [0.5, 0.6) is 0 Å². The van der Waals surface area contributed by atoms with Crippen molar-refractivity contribution in [2.75, 3.05) is 11.9 Å². The third-order valence-electron chi connectivity index (χ3n) is 4.48. The number of para-hydroxylation sites is 1. The van der Waals surface area contributed by atoms with Crippen LogP contribution in [-0.2, 0) is 4.74 Å². The molecule has 154 valence electrons. The maximum atomic E-state index is 12.8. The highest BCUT2D eigenvalue weighted by Gasteiger charge is 2.21. The molecule has 3 rings (SSSR count). The average Bonchev–Trinajstić information content (AvgIpc) is 2.68. The fourth-order valence-corrected chi connectivity index (χ4v) is 3.18. The summed E-state index contributed by atoms with van der Waals surface area (Å²) in [6.45, 7) is 7.41. The summed E-state index contributed by atoms with van der Waals surface area (Å²) in [6, 6.07) is 13.8. The van der Waals surface area contributed by atoms with Gasteiger partial charge in [0.15, 0.2) is 5.69 Å². The first-order valence-electron chi connectivity index (χ1n) is 9.57. The molecule has 0 fully saturated rings. The fourth-order valence-electron chi connectivity index (χ4n) is 3.18. The van der Waals surface area contributed by atoms with E-state index >= 15 is 0 Å². The summed E-state index contributed by atoms with van der Waals surface area (Å²) >= 11 is 0. The zero-order valence-electron chi connectivity index (χ0n) is 17.4. The van der Waals surface area contributed by atoms with Crippen LogP contribution in [0.4, 0.5) is 5.69 Å². The second-order valence-electron chi connectivity index (χ2n) is 6.99. The normalized spacial score (nSPS) is 10.5. The number of aryl methyl sites for hydroxylation is 3. The molecule has 0 saturated heterocycles. The summed E-state index contributed by atoms with van der Waals surface area (Å²) in [6.07, 6.45) is 0. The molecular weight excluding hydrogens is 382 g/mol. The van der Waals surface area contributed by atoms with Gasteiger partial charge < -0.3 is 10.1 Å². The molecule has 0 unspecified atom stereocenters. The summed E-state index contributed by atoms with van der Waals surface area (Å²) in [7, 11) is 0. The standard InChI is InChI=1S/C23H23N3O4/c1-5-30-23(29)21-18(24-22(28)17-11-14(2)10-15(3)12-17)13-20(27)26(25-21)19-9-7-6-8-16(19)4/h6-13H,5H2,1-4H3,(H,24,28). The number of carbonyl (C=O) groups is 2. The molecule has 7 nitrogen and oxygen atoms in total. The highest BCUT2D eigenvalue weighted by molar-refractivity contribution is 6.07. The molecule has 0 aliphatic heterocycles. The molecule has 0 aliphatic rings. The maximum absolute atomic E-state index is 12.8. The number of esters is 1. The van der Waals surface area contributed by atoms with Crippen LogP contribution in [0, 0.1) is 20.8 Å². The van der Waals surface area contributed by atoms with Gasteiger partial charge in [-0.25, -0.2) is 4.79 Å². The molecule has 1 heterocycles. The summed E-state index contributed by atoms with van der Waals surface area (Å²) in [4.78, 5) is 38.0. The van der Waals surface area contributed by atoms with E-state index in [1.165, 1.54) is 6.07 Å². The smallest absolute Gasteiger partial charge is 0.360 e. The van der Waals surface area contributed by atoms with Crippen LogP contribution < -0.4 is 10.9 Å². The first-order chi connectivity index (χ1) is 14.3. The molecule has 2 aromatic carbocycles. The minimum Gasteiger partial charge on any atom is -0.461 e. The van der Waals surface area contributed by atoms with Crippen LogP contribution in [0.3, 0.4) is 0 Å². The highest BCUT2D eigenvalue weighted by atomic mass is 16.5. The molecule has 0 saturated carbocycles. The quantitative estimate of drug-likeness (QED) is 0.655. The van der Waals surface area contributed by atoms with Gasteiger partial charge in [0.2, 0.25) is 0 Å². The molecule has 0 atom stereocenters. The predicted molar refractivity (Wildman–Crippen MR) is 114 cm³/mol. The van der Waals surface area contributed by atoms with Crippen molar-refractivity contribution in [1.82, 2.24) is 9.78 Å². The molecule has 0 aliphatic carbocycles. The summed E-state index contributed by atoms with van der Waals surface area (Å²) < 4.78 is 6.22. The number of rotatable bonds is 5. The Bertz CT molecular complexity index is 1160. The van der Waals surface area contributed by atoms with E-state index in [9.17, 15) is 14.4 Å². The largest absolute Gasteiger partial charge is 0.461 e. The van der Waals surface area contributed by atoms with Crippen molar-refractivity contribution in [3.8, 4) is 5.69 Å². The van der Waals surface area contributed by atoms with Crippen LogP contribution >= 0.6 is 0 Å². The first-order valence-corrected chi connectivity index (χ1v) is 9.57. The van der Waals surface area contributed by atoms with E-state index in [1.54, 1.807) is 31.2 Å². The second kappa shape index (κ2) is 8.73. The van der Waals surface area contributed by atoms with Gasteiger partial charge in [0.05, 0.1) is 18.0 Å². The van der Waals surface area contributed by atoms with Crippen molar-refractivity contribution in [3.05, 3.63) is 86.8 Å². The number of carbonyl (C=O) groups excluding carboxylic acids is 2. The lowest BCUT2D eigenvalue weighted by atomic mass is 10.1. The zero-order valence-corrected chi connectivity index (χ0v) is 17.4. The van der Waals surface area contributed by atoms with Gasteiger partial charge in [-0.05, 0) is 51.5 Å². The number of ether oxygens (including phenoxy) is 1. The third-order valence-corrected chi connectivity index (χ3v) is 4.48. The molecule has 7 heteroatoms. The molecule has 0 radical (unpaired) electrons. The van der Waals surface area contributed by atoms with E-state index in [2.05, 4.69) is 10.4 Å². The predicted octanol–water partition coefficient (Wildman–Crippen LogP) is 3.59. The lowest BCUT2D eigenvalue weighted by Crippen LogP contribution is -2.27. The monoisotopic (exact) mass is 405 g/mol. The summed E-state index contributed by atoms with van der Waals surface area (Å²) in [5, 5.41) is 6.86. The molecule has 1 aromatic heterocycles. The van der Waals surface area contributed by atoms with Gasteiger partial charge in [-0.1, -0.05) is 35.4 Å². The number of aromatic nitrogens is 2. The van der Waals surface area contributed by atoms with Gasteiger partial charge in [0.1, 0.15) is 0 Å². The van der Waals surface area contributed by atoms with Crippen molar-refractivity contribution in [3.63, 3.8) is 0 Å². The lowest BCUT2D eigenvalue weighted by molar-refractivity contribution is 0.0518. The third kappa shape index (κ3) is 4.46. The van der Waals surface area contributed by atoms with Crippen molar-refractivity contribution < 1.29 is 14.3 Å². The van der Waals surface area contributed by atoms with Crippen molar-refractivity contribution >= 4 is 17.6 Å². The molecule has 0 bridgehead atoms. The van der Waals surface area contributed by atoms with Crippen molar-refractivity contribution in [1.29, 1.82) is 0 Å². The number of benzene rings is 2. The molecule has 30 heavy (non-hydrogen) atoms. The number of amides is 1. The number of hydrogen-bond acceptors (Lipinski definition) is 5. The Labute approximate surface area is 174 Å². The van der Waals surface area contributed by atoms with Crippen LogP contribution in [-0.4, -0.2) is 28.3 Å². The minimum absolute atomic E-state index is 0.00689. The van der Waals surface area contributed by atoms with E-state index in [0.29, 0.717) is 11.3 Å². The Balaban J connectivity index is 2.08. The number of hydrogen-bond donors (Lipinski definition) is 1. The van der Waals surface area contributed by atoms with Crippen LogP contribution in [0.2, 0.25) is 0 Å². The van der Waals surface area contributed by atoms with Crippen LogP contribution in [0.15, 0.2) is 53.3 Å². The van der Waals surface area contributed by atoms with E-state index in [4.69, 9.17) is 4.74 Å². The minimum atomic E-state index is -0.726. The van der Waals surface area contributed by atoms with Crippen molar-refractivity contribution in [2.24, 2.45) is 0 Å². The van der Waals surface area contributed by atoms with Gasteiger partial charge >= 0.3 is 5.97 Å².